The summed E-state index contributed by atoms with van der Waals surface area (Å²) in [6, 6.07) is 2.05. The number of amides is 1. The van der Waals surface area contributed by atoms with Crippen molar-refractivity contribution in [1.29, 1.82) is 0 Å². The zero-order valence-corrected chi connectivity index (χ0v) is 9.40. The van der Waals surface area contributed by atoms with Crippen LogP contribution >= 0.6 is 0 Å². The van der Waals surface area contributed by atoms with E-state index in [0.29, 0.717) is 30.6 Å². The zero-order valence-electron chi connectivity index (χ0n) is 9.40. The number of rotatable bonds is 5. The highest BCUT2D eigenvalue weighted by Crippen LogP contribution is 2.28. The second-order valence-electron chi connectivity index (χ2n) is 4.07. The number of methoxy groups -OCH3 is 1. The van der Waals surface area contributed by atoms with Gasteiger partial charge in [-0.1, -0.05) is 0 Å². The van der Waals surface area contributed by atoms with Crippen molar-refractivity contribution in [2.75, 3.05) is 26.0 Å². The Morgan fingerprint density at radius 2 is 2.44 bits per heavy atom. The van der Waals surface area contributed by atoms with Crippen LogP contribution in [0.2, 0.25) is 0 Å². The molecular formula is C11H17N3O2. The number of carbonyl (C=O) groups excluding carboxylic acids is 1. The molecule has 1 aliphatic carbocycles. The maximum absolute atomic E-state index is 12.1. The predicted molar refractivity (Wildman–Crippen MR) is 61.1 cm³/mol. The van der Waals surface area contributed by atoms with Crippen molar-refractivity contribution in [3.8, 4) is 0 Å². The van der Waals surface area contributed by atoms with Crippen LogP contribution in [-0.2, 0) is 4.74 Å². The number of hydrogen-bond acceptors (Lipinski definition) is 3. The van der Waals surface area contributed by atoms with E-state index >= 15 is 0 Å². The fourth-order valence-electron chi connectivity index (χ4n) is 1.72. The Morgan fingerprint density at radius 3 is 2.94 bits per heavy atom. The van der Waals surface area contributed by atoms with E-state index in [1.807, 2.05) is 4.90 Å². The van der Waals surface area contributed by atoms with Gasteiger partial charge in [0.05, 0.1) is 6.61 Å². The van der Waals surface area contributed by atoms with Gasteiger partial charge in [0.15, 0.2) is 0 Å². The van der Waals surface area contributed by atoms with Gasteiger partial charge in [0, 0.05) is 31.6 Å². The van der Waals surface area contributed by atoms with E-state index in [2.05, 4.69) is 4.98 Å². The Labute approximate surface area is 94.6 Å². The summed E-state index contributed by atoms with van der Waals surface area (Å²) in [4.78, 5) is 16.9. The molecule has 0 atom stereocenters. The molecule has 3 N–H and O–H groups in total. The van der Waals surface area contributed by atoms with E-state index in [-0.39, 0.29) is 5.91 Å². The number of nitrogens with zero attached hydrogens (tertiary/aromatic N) is 1. The van der Waals surface area contributed by atoms with Crippen molar-refractivity contribution >= 4 is 11.6 Å². The lowest BCUT2D eigenvalue weighted by molar-refractivity contribution is 0.0675. The first-order valence-corrected chi connectivity index (χ1v) is 5.46. The number of H-pyrrole nitrogens is 1. The second-order valence-corrected chi connectivity index (χ2v) is 4.07. The first kappa shape index (κ1) is 11.0. The molecule has 0 saturated heterocycles. The number of anilines is 1. The highest BCUT2D eigenvalue weighted by atomic mass is 16.5. The van der Waals surface area contributed by atoms with Crippen molar-refractivity contribution in [3.05, 3.63) is 18.0 Å². The van der Waals surface area contributed by atoms with E-state index in [4.69, 9.17) is 10.5 Å². The van der Waals surface area contributed by atoms with Crippen LogP contribution in [0.5, 0.6) is 0 Å². The molecule has 1 aromatic heterocycles. The van der Waals surface area contributed by atoms with E-state index < -0.39 is 0 Å². The number of nitrogens with two attached hydrogens (primary N) is 1. The lowest BCUT2D eigenvalue weighted by Gasteiger charge is -2.21. The highest BCUT2D eigenvalue weighted by Gasteiger charge is 2.33. The Hall–Kier alpha value is -1.49. The Morgan fingerprint density at radius 1 is 1.69 bits per heavy atom. The molecule has 0 radical (unpaired) electrons. The van der Waals surface area contributed by atoms with Gasteiger partial charge in [-0.25, -0.2) is 0 Å². The summed E-state index contributed by atoms with van der Waals surface area (Å²) in [5.41, 5.74) is 6.73. The molecule has 1 aliphatic rings. The molecule has 1 saturated carbocycles. The minimum absolute atomic E-state index is 0.0104. The average Bonchev–Trinajstić information content (AvgIpc) is 3.01. The average molecular weight is 223 g/mol. The molecule has 0 aliphatic heterocycles. The lowest BCUT2D eigenvalue weighted by Crippen LogP contribution is -2.36. The topological polar surface area (TPSA) is 71.3 Å². The van der Waals surface area contributed by atoms with Crippen molar-refractivity contribution in [3.63, 3.8) is 0 Å². The first-order valence-electron chi connectivity index (χ1n) is 5.46. The molecular weight excluding hydrogens is 206 g/mol. The minimum atomic E-state index is 0.0104. The summed E-state index contributed by atoms with van der Waals surface area (Å²) in [6.45, 7) is 1.21. The third-order valence-electron chi connectivity index (χ3n) is 2.72. The zero-order chi connectivity index (χ0) is 11.5. The molecule has 1 heterocycles. The molecule has 16 heavy (non-hydrogen) atoms. The van der Waals surface area contributed by atoms with Gasteiger partial charge in [-0.3, -0.25) is 4.79 Å². The standard InChI is InChI=1S/C11H17N3O2/c1-16-5-4-14(9-2-3-9)11(15)10-6-8(12)7-13-10/h6-7,9,13H,2-5,12H2,1H3. The van der Waals surface area contributed by atoms with E-state index in [9.17, 15) is 4.79 Å². The van der Waals surface area contributed by atoms with Gasteiger partial charge in [0.25, 0.3) is 5.91 Å². The summed E-state index contributed by atoms with van der Waals surface area (Å²) in [7, 11) is 1.64. The van der Waals surface area contributed by atoms with Crippen molar-refractivity contribution < 1.29 is 9.53 Å². The van der Waals surface area contributed by atoms with Crippen LogP contribution < -0.4 is 5.73 Å². The molecule has 0 aromatic carbocycles. The van der Waals surface area contributed by atoms with Gasteiger partial charge < -0.3 is 20.4 Å². The Balaban J connectivity index is 2.04. The molecule has 0 bridgehead atoms. The van der Waals surface area contributed by atoms with Crippen LogP contribution in [0.15, 0.2) is 12.3 Å². The summed E-state index contributed by atoms with van der Waals surface area (Å²) in [5.74, 6) is 0.0104. The van der Waals surface area contributed by atoms with Crippen molar-refractivity contribution in [2.24, 2.45) is 0 Å². The smallest absolute Gasteiger partial charge is 0.270 e. The number of aromatic nitrogens is 1. The maximum atomic E-state index is 12.1. The number of hydrogen-bond donors (Lipinski definition) is 2. The molecule has 0 unspecified atom stereocenters. The van der Waals surface area contributed by atoms with Crippen LogP contribution in [0.4, 0.5) is 5.69 Å². The number of aromatic amines is 1. The quantitative estimate of drug-likeness (QED) is 0.777. The summed E-state index contributed by atoms with van der Waals surface area (Å²) >= 11 is 0. The van der Waals surface area contributed by atoms with Crippen LogP contribution in [0.25, 0.3) is 0 Å². The van der Waals surface area contributed by atoms with Gasteiger partial charge in [0.2, 0.25) is 0 Å². The lowest BCUT2D eigenvalue weighted by atomic mass is 10.3. The minimum Gasteiger partial charge on any atom is -0.397 e. The predicted octanol–water partition coefficient (Wildman–Crippen LogP) is 0.848. The summed E-state index contributed by atoms with van der Waals surface area (Å²) in [5, 5.41) is 0. The van der Waals surface area contributed by atoms with E-state index in [1.165, 1.54) is 0 Å². The fourth-order valence-corrected chi connectivity index (χ4v) is 1.72. The normalized spacial score (nSPS) is 15.1. The second kappa shape index (κ2) is 4.57. The summed E-state index contributed by atoms with van der Waals surface area (Å²) in [6.07, 6.45) is 3.81. The number of nitrogen functional groups attached to an aromatic ring is 1. The number of nitrogens with one attached hydrogen (secondary N) is 1. The SMILES string of the molecule is COCCN(C(=O)c1cc(N)c[nH]1)C1CC1. The van der Waals surface area contributed by atoms with Gasteiger partial charge in [-0.05, 0) is 18.9 Å². The van der Waals surface area contributed by atoms with Gasteiger partial charge in [0.1, 0.15) is 5.69 Å². The maximum Gasteiger partial charge on any atom is 0.270 e. The molecule has 1 amide bonds. The molecule has 1 aromatic rings. The van der Waals surface area contributed by atoms with E-state index in [0.717, 1.165) is 12.8 Å². The van der Waals surface area contributed by atoms with Crippen LogP contribution in [0.1, 0.15) is 23.3 Å². The van der Waals surface area contributed by atoms with E-state index in [1.54, 1.807) is 19.4 Å². The fraction of sp³-hybridized carbons (Fsp3) is 0.545. The number of ether oxygens (including phenoxy) is 1. The first-order chi connectivity index (χ1) is 7.72. The van der Waals surface area contributed by atoms with Gasteiger partial charge in [-0.15, -0.1) is 0 Å². The highest BCUT2D eigenvalue weighted by molar-refractivity contribution is 5.93. The number of carbonyl (C=O) groups is 1. The van der Waals surface area contributed by atoms with Gasteiger partial charge in [-0.2, -0.15) is 0 Å². The third kappa shape index (κ3) is 2.36. The molecule has 5 heteroatoms. The Bertz CT molecular complexity index is 371. The van der Waals surface area contributed by atoms with Crippen LogP contribution in [0, 0.1) is 0 Å². The van der Waals surface area contributed by atoms with Gasteiger partial charge >= 0.3 is 0 Å². The molecule has 2 rings (SSSR count). The van der Waals surface area contributed by atoms with Crippen molar-refractivity contribution in [2.45, 2.75) is 18.9 Å². The van der Waals surface area contributed by atoms with Crippen molar-refractivity contribution in [1.82, 2.24) is 9.88 Å². The third-order valence-corrected chi connectivity index (χ3v) is 2.72. The molecule has 0 spiro atoms. The summed E-state index contributed by atoms with van der Waals surface area (Å²) < 4.78 is 5.01. The van der Waals surface area contributed by atoms with Crippen LogP contribution in [0.3, 0.4) is 0 Å². The monoisotopic (exact) mass is 223 g/mol. The Kier molecular flexibility index (Phi) is 3.14. The van der Waals surface area contributed by atoms with Crippen LogP contribution in [-0.4, -0.2) is 42.1 Å². The largest absolute Gasteiger partial charge is 0.397 e. The molecule has 5 nitrogen and oxygen atoms in total. The molecule has 1 fully saturated rings. The molecule has 88 valence electrons.